The van der Waals surface area contributed by atoms with Gasteiger partial charge in [-0.2, -0.15) is 0 Å². The number of methoxy groups -OCH3 is 1. The molecule has 2 saturated heterocycles. The largest absolute Gasteiger partial charge is 0.480 e. The number of aliphatic carboxylic acids is 1. The molecule has 0 saturated carbocycles. The molecule has 1 amide bonds. The third-order valence-corrected chi connectivity index (χ3v) is 4.32. The number of likely N-dealkylation sites (tertiary alicyclic amines) is 1. The van der Waals surface area contributed by atoms with E-state index in [2.05, 4.69) is 5.32 Å². The van der Waals surface area contributed by atoms with Gasteiger partial charge in [-0.15, -0.1) is 0 Å². The molecule has 2 N–H and O–H groups in total. The standard InChI is InChI=1S/C14H24N2O4/c1-20-11-8-12(14(18)19)16(9-11)13(17)6-5-10-4-2-3-7-15-10/h10-12,15H,2-9H2,1H3,(H,18,19). The lowest BCUT2D eigenvalue weighted by Crippen LogP contribution is -2.41. The fourth-order valence-electron chi connectivity index (χ4n) is 3.09. The predicted octanol–water partition coefficient (Wildman–Crippen LogP) is 0.609. The van der Waals surface area contributed by atoms with Gasteiger partial charge in [0.05, 0.1) is 6.10 Å². The Morgan fingerprint density at radius 1 is 1.40 bits per heavy atom. The highest BCUT2D eigenvalue weighted by atomic mass is 16.5. The van der Waals surface area contributed by atoms with Crippen LogP contribution in [0.2, 0.25) is 0 Å². The van der Waals surface area contributed by atoms with Crippen LogP contribution in [0.15, 0.2) is 0 Å². The highest BCUT2D eigenvalue weighted by Gasteiger charge is 2.39. The number of nitrogens with one attached hydrogen (secondary N) is 1. The van der Waals surface area contributed by atoms with E-state index in [1.807, 2.05) is 0 Å². The van der Waals surface area contributed by atoms with Gasteiger partial charge < -0.3 is 20.1 Å². The maximum absolute atomic E-state index is 12.2. The molecule has 6 heteroatoms. The van der Waals surface area contributed by atoms with E-state index in [9.17, 15) is 14.7 Å². The number of nitrogens with zero attached hydrogens (tertiary/aromatic N) is 1. The average molecular weight is 284 g/mol. The van der Waals surface area contributed by atoms with Crippen LogP contribution in [-0.2, 0) is 14.3 Å². The van der Waals surface area contributed by atoms with Crippen molar-refractivity contribution in [3.63, 3.8) is 0 Å². The van der Waals surface area contributed by atoms with E-state index in [1.54, 1.807) is 7.11 Å². The first-order valence-electron chi connectivity index (χ1n) is 7.40. The molecule has 20 heavy (non-hydrogen) atoms. The quantitative estimate of drug-likeness (QED) is 0.773. The zero-order valence-corrected chi connectivity index (χ0v) is 12.0. The summed E-state index contributed by atoms with van der Waals surface area (Å²) in [5.41, 5.74) is 0. The van der Waals surface area contributed by atoms with Crippen molar-refractivity contribution in [2.75, 3.05) is 20.2 Å². The minimum absolute atomic E-state index is 0.0654. The number of hydrogen-bond acceptors (Lipinski definition) is 4. The highest BCUT2D eigenvalue weighted by molar-refractivity contribution is 5.84. The smallest absolute Gasteiger partial charge is 0.326 e. The lowest BCUT2D eigenvalue weighted by molar-refractivity contribution is -0.148. The molecule has 6 nitrogen and oxygen atoms in total. The van der Waals surface area contributed by atoms with Crippen LogP contribution in [0.1, 0.15) is 38.5 Å². The molecule has 0 aromatic rings. The fourth-order valence-corrected chi connectivity index (χ4v) is 3.09. The van der Waals surface area contributed by atoms with Crippen LogP contribution in [0.3, 0.4) is 0 Å². The number of piperidine rings is 1. The molecule has 0 aliphatic carbocycles. The monoisotopic (exact) mass is 284 g/mol. The second-order valence-electron chi connectivity index (χ2n) is 5.68. The minimum Gasteiger partial charge on any atom is -0.480 e. The SMILES string of the molecule is COC1CC(C(=O)O)N(C(=O)CCC2CCCCN2)C1. The highest BCUT2D eigenvalue weighted by Crippen LogP contribution is 2.22. The molecule has 0 aromatic heterocycles. The number of carboxylic acid groups (broad SMARTS) is 1. The van der Waals surface area contributed by atoms with Gasteiger partial charge in [0, 0.05) is 32.5 Å². The van der Waals surface area contributed by atoms with Crippen molar-refractivity contribution in [1.29, 1.82) is 0 Å². The molecular weight excluding hydrogens is 260 g/mol. The van der Waals surface area contributed by atoms with Crippen molar-refractivity contribution >= 4 is 11.9 Å². The summed E-state index contributed by atoms with van der Waals surface area (Å²) in [5.74, 6) is -1.00. The van der Waals surface area contributed by atoms with Gasteiger partial charge in [-0.25, -0.2) is 4.79 Å². The maximum Gasteiger partial charge on any atom is 0.326 e. The number of ether oxygens (including phenoxy) is 1. The second-order valence-corrected chi connectivity index (χ2v) is 5.68. The van der Waals surface area contributed by atoms with Gasteiger partial charge in [-0.1, -0.05) is 6.42 Å². The van der Waals surface area contributed by atoms with Crippen LogP contribution in [-0.4, -0.2) is 60.3 Å². The lowest BCUT2D eigenvalue weighted by Gasteiger charge is -2.25. The van der Waals surface area contributed by atoms with E-state index in [-0.39, 0.29) is 12.0 Å². The summed E-state index contributed by atoms with van der Waals surface area (Å²) in [4.78, 5) is 24.9. The first-order chi connectivity index (χ1) is 9.61. The Labute approximate surface area is 119 Å². The average Bonchev–Trinajstić information content (AvgIpc) is 2.90. The van der Waals surface area contributed by atoms with E-state index in [4.69, 9.17) is 4.74 Å². The third-order valence-electron chi connectivity index (χ3n) is 4.32. The predicted molar refractivity (Wildman–Crippen MR) is 73.4 cm³/mol. The summed E-state index contributed by atoms with van der Waals surface area (Å²) in [6, 6.07) is -0.330. The molecule has 0 bridgehead atoms. The zero-order chi connectivity index (χ0) is 14.5. The first kappa shape index (κ1) is 15.3. The van der Waals surface area contributed by atoms with Gasteiger partial charge in [0.2, 0.25) is 5.91 Å². The number of carbonyl (C=O) groups is 2. The van der Waals surface area contributed by atoms with Crippen LogP contribution >= 0.6 is 0 Å². The van der Waals surface area contributed by atoms with E-state index >= 15 is 0 Å². The Bertz CT molecular complexity index is 355. The summed E-state index contributed by atoms with van der Waals surface area (Å²) in [7, 11) is 1.56. The summed E-state index contributed by atoms with van der Waals surface area (Å²) in [6.07, 6.45) is 4.95. The summed E-state index contributed by atoms with van der Waals surface area (Å²) < 4.78 is 5.20. The van der Waals surface area contributed by atoms with Crippen molar-refractivity contribution < 1.29 is 19.4 Å². The lowest BCUT2D eigenvalue weighted by atomic mass is 10.0. The molecular formula is C14H24N2O4. The molecule has 2 aliphatic heterocycles. The van der Waals surface area contributed by atoms with Gasteiger partial charge in [-0.05, 0) is 25.8 Å². The zero-order valence-electron chi connectivity index (χ0n) is 12.0. The Kier molecular flexibility index (Phi) is 5.37. The molecule has 2 heterocycles. The van der Waals surface area contributed by atoms with Crippen molar-refractivity contribution in [1.82, 2.24) is 10.2 Å². The van der Waals surface area contributed by atoms with E-state index in [0.29, 0.717) is 25.4 Å². The van der Waals surface area contributed by atoms with Crippen LogP contribution in [0, 0.1) is 0 Å². The van der Waals surface area contributed by atoms with Gasteiger partial charge in [0.1, 0.15) is 6.04 Å². The molecule has 2 rings (SSSR count). The van der Waals surface area contributed by atoms with Crippen LogP contribution in [0.5, 0.6) is 0 Å². The number of hydrogen-bond donors (Lipinski definition) is 2. The van der Waals surface area contributed by atoms with E-state index in [0.717, 1.165) is 19.4 Å². The van der Waals surface area contributed by atoms with Crippen molar-refractivity contribution in [2.24, 2.45) is 0 Å². The number of amides is 1. The molecule has 2 fully saturated rings. The number of carbonyl (C=O) groups excluding carboxylic acids is 1. The summed E-state index contributed by atoms with van der Waals surface area (Å²) in [5, 5.41) is 12.6. The van der Waals surface area contributed by atoms with E-state index < -0.39 is 12.0 Å². The summed E-state index contributed by atoms with van der Waals surface area (Å²) >= 11 is 0. The van der Waals surface area contributed by atoms with Crippen LogP contribution in [0.25, 0.3) is 0 Å². The van der Waals surface area contributed by atoms with Gasteiger partial charge in [-0.3, -0.25) is 4.79 Å². The topological polar surface area (TPSA) is 78.9 Å². The Hall–Kier alpha value is -1.14. The third kappa shape index (κ3) is 3.70. The molecule has 0 radical (unpaired) electrons. The first-order valence-corrected chi connectivity index (χ1v) is 7.40. The molecule has 0 spiro atoms. The van der Waals surface area contributed by atoms with Gasteiger partial charge in [0.25, 0.3) is 0 Å². The summed E-state index contributed by atoms with van der Waals surface area (Å²) in [6.45, 7) is 1.41. The second kappa shape index (κ2) is 7.04. The molecule has 2 aliphatic rings. The van der Waals surface area contributed by atoms with Crippen LogP contribution < -0.4 is 5.32 Å². The van der Waals surface area contributed by atoms with Crippen molar-refractivity contribution in [2.45, 2.75) is 56.7 Å². The minimum atomic E-state index is -0.936. The Morgan fingerprint density at radius 3 is 2.80 bits per heavy atom. The normalized spacial score (nSPS) is 30.4. The fraction of sp³-hybridized carbons (Fsp3) is 0.857. The molecule has 0 aromatic carbocycles. The van der Waals surface area contributed by atoms with Gasteiger partial charge in [0.15, 0.2) is 0 Å². The Balaban J connectivity index is 1.85. The number of carboxylic acids is 1. The molecule has 114 valence electrons. The van der Waals surface area contributed by atoms with Gasteiger partial charge >= 0.3 is 5.97 Å². The van der Waals surface area contributed by atoms with Crippen LogP contribution in [0.4, 0.5) is 0 Å². The maximum atomic E-state index is 12.2. The van der Waals surface area contributed by atoms with Crippen molar-refractivity contribution in [3.05, 3.63) is 0 Å². The Morgan fingerprint density at radius 2 is 2.20 bits per heavy atom. The number of rotatable bonds is 5. The molecule has 3 atom stereocenters. The molecule has 3 unspecified atom stereocenters. The van der Waals surface area contributed by atoms with E-state index in [1.165, 1.54) is 17.7 Å². The van der Waals surface area contributed by atoms with Crippen molar-refractivity contribution in [3.8, 4) is 0 Å².